The van der Waals surface area contributed by atoms with Gasteiger partial charge in [0.05, 0.1) is 6.54 Å². The van der Waals surface area contributed by atoms with E-state index in [0.717, 1.165) is 6.08 Å². The minimum absolute atomic E-state index is 0.192. The van der Waals surface area contributed by atoms with Gasteiger partial charge in [-0.25, -0.2) is 14.0 Å². The zero-order valence-electron chi connectivity index (χ0n) is 10.8. The zero-order chi connectivity index (χ0) is 14.7. The van der Waals surface area contributed by atoms with Crippen LogP contribution in [0.4, 0.5) is 4.39 Å². The summed E-state index contributed by atoms with van der Waals surface area (Å²) in [7, 11) is 1.63. The standard InChI is InChI=1S/C14H13FN2O3/c1-16-6-7-17(14(16)20)9-11-2-4-12(15)8-10(11)3-5-13(18)19/h2-8H,9H2,1H3,(H,18,19)/b5-3+. The first kappa shape index (κ1) is 13.8. The molecule has 2 aromatic rings. The SMILES string of the molecule is Cn1ccn(Cc2ccc(F)cc2/C=C/C(=O)O)c1=O. The molecule has 1 N–H and O–H groups in total. The molecule has 0 spiro atoms. The van der Waals surface area contributed by atoms with Gasteiger partial charge < -0.3 is 9.67 Å². The summed E-state index contributed by atoms with van der Waals surface area (Å²) >= 11 is 0. The van der Waals surface area contributed by atoms with Gasteiger partial charge in [-0.3, -0.25) is 4.57 Å². The molecule has 0 amide bonds. The molecule has 0 radical (unpaired) electrons. The number of hydrogen-bond donors (Lipinski definition) is 1. The molecule has 0 atom stereocenters. The zero-order valence-corrected chi connectivity index (χ0v) is 10.8. The monoisotopic (exact) mass is 276 g/mol. The third-order valence-electron chi connectivity index (χ3n) is 2.87. The van der Waals surface area contributed by atoms with E-state index in [0.29, 0.717) is 11.1 Å². The average Bonchev–Trinajstić information content (AvgIpc) is 2.71. The molecular formula is C14H13FN2O3. The number of carboxylic acid groups (broad SMARTS) is 1. The summed E-state index contributed by atoms with van der Waals surface area (Å²) in [6, 6.07) is 4.06. The van der Waals surface area contributed by atoms with Crippen LogP contribution in [0.1, 0.15) is 11.1 Å². The van der Waals surface area contributed by atoms with Crippen molar-refractivity contribution < 1.29 is 14.3 Å². The summed E-state index contributed by atoms with van der Waals surface area (Å²) in [5.74, 6) is -1.57. The van der Waals surface area contributed by atoms with Crippen LogP contribution in [-0.4, -0.2) is 20.2 Å². The lowest BCUT2D eigenvalue weighted by Gasteiger charge is -2.06. The summed E-state index contributed by atoms with van der Waals surface area (Å²) in [4.78, 5) is 22.3. The van der Waals surface area contributed by atoms with Gasteiger partial charge in [-0.05, 0) is 29.3 Å². The van der Waals surface area contributed by atoms with Gasteiger partial charge in [-0.2, -0.15) is 0 Å². The summed E-state index contributed by atoms with van der Waals surface area (Å²) < 4.78 is 16.1. The third-order valence-corrected chi connectivity index (χ3v) is 2.87. The minimum atomic E-state index is -1.11. The van der Waals surface area contributed by atoms with Gasteiger partial charge in [0.15, 0.2) is 0 Å². The van der Waals surface area contributed by atoms with Crippen LogP contribution >= 0.6 is 0 Å². The third kappa shape index (κ3) is 3.03. The quantitative estimate of drug-likeness (QED) is 0.860. The van der Waals surface area contributed by atoms with Crippen molar-refractivity contribution in [2.75, 3.05) is 0 Å². The van der Waals surface area contributed by atoms with Gasteiger partial charge in [-0.15, -0.1) is 0 Å². The number of aromatic nitrogens is 2. The van der Waals surface area contributed by atoms with Crippen LogP contribution in [0.5, 0.6) is 0 Å². The molecule has 0 saturated carbocycles. The number of halogens is 1. The highest BCUT2D eigenvalue weighted by atomic mass is 19.1. The Morgan fingerprint density at radius 1 is 1.40 bits per heavy atom. The number of imidazole rings is 1. The van der Waals surface area contributed by atoms with Crippen molar-refractivity contribution in [3.63, 3.8) is 0 Å². The highest BCUT2D eigenvalue weighted by Gasteiger charge is 2.06. The number of aryl methyl sites for hydroxylation is 1. The Bertz CT molecular complexity index is 728. The first-order valence-electron chi connectivity index (χ1n) is 5.88. The van der Waals surface area contributed by atoms with E-state index in [-0.39, 0.29) is 12.2 Å². The van der Waals surface area contributed by atoms with E-state index in [1.807, 2.05) is 0 Å². The molecule has 0 unspecified atom stereocenters. The van der Waals surface area contributed by atoms with E-state index in [2.05, 4.69) is 0 Å². The largest absolute Gasteiger partial charge is 0.478 e. The van der Waals surface area contributed by atoms with Crippen LogP contribution in [0.3, 0.4) is 0 Å². The lowest BCUT2D eigenvalue weighted by atomic mass is 10.1. The predicted molar refractivity (Wildman–Crippen MR) is 71.8 cm³/mol. The number of nitrogens with zero attached hydrogens (tertiary/aromatic N) is 2. The molecule has 0 aliphatic heterocycles. The summed E-state index contributed by atoms with van der Waals surface area (Å²) in [5, 5.41) is 8.63. The Morgan fingerprint density at radius 2 is 2.15 bits per heavy atom. The molecule has 1 heterocycles. The fourth-order valence-corrected chi connectivity index (χ4v) is 1.84. The molecule has 0 fully saturated rings. The lowest BCUT2D eigenvalue weighted by Crippen LogP contribution is -2.22. The van der Waals surface area contributed by atoms with Crippen molar-refractivity contribution in [1.82, 2.24) is 9.13 Å². The van der Waals surface area contributed by atoms with E-state index in [4.69, 9.17) is 5.11 Å². The molecule has 0 saturated heterocycles. The van der Waals surface area contributed by atoms with Gasteiger partial charge in [0.2, 0.25) is 0 Å². The van der Waals surface area contributed by atoms with Crippen molar-refractivity contribution in [1.29, 1.82) is 0 Å². The number of carbonyl (C=O) groups is 1. The molecule has 104 valence electrons. The molecule has 0 aliphatic carbocycles. The summed E-state index contributed by atoms with van der Waals surface area (Å²) in [6.45, 7) is 0.249. The average molecular weight is 276 g/mol. The molecule has 20 heavy (non-hydrogen) atoms. The van der Waals surface area contributed by atoms with Crippen molar-refractivity contribution in [3.05, 3.63) is 64.1 Å². The smallest absolute Gasteiger partial charge is 0.328 e. The molecule has 0 bridgehead atoms. The fourth-order valence-electron chi connectivity index (χ4n) is 1.84. The fraction of sp³-hybridized carbons (Fsp3) is 0.143. The van der Waals surface area contributed by atoms with Crippen molar-refractivity contribution in [2.24, 2.45) is 7.05 Å². The number of carboxylic acids is 1. The molecular weight excluding hydrogens is 263 g/mol. The van der Waals surface area contributed by atoms with Gasteiger partial charge >= 0.3 is 11.7 Å². The van der Waals surface area contributed by atoms with E-state index < -0.39 is 11.8 Å². The Hall–Kier alpha value is -2.63. The molecule has 5 nitrogen and oxygen atoms in total. The van der Waals surface area contributed by atoms with Crippen LogP contribution in [0.25, 0.3) is 6.08 Å². The number of rotatable bonds is 4. The first-order valence-corrected chi connectivity index (χ1v) is 5.88. The topological polar surface area (TPSA) is 64.2 Å². The van der Waals surface area contributed by atoms with Gasteiger partial charge in [0.1, 0.15) is 5.82 Å². The second-order valence-corrected chi connectivity index (χ2v) is 4.33. The normalized spacial score (nSPS) is 11.1. The van der Waals surface area contributed by atoms with E-state index in [9.17, 15) is 14.0 Å². The first-order chi connectivity index (χ1) is 9.47. The second-order valence-electron chi connectivity index (χ2n) is 4.33. The molecule has 2 rings (SSSR count). The van der Waals surface area contributed by atoms with Gasteiger partial charge in [0, 0.05) is 25.5 Å². The maximum Gasteiger partial charge on any atom is 0.328 e. The van der Waals surface area contributed by atoms with Crippen LogP contribution in [0, 0.1) is 5.82 Å². The van der Waals surface area contributed by atoms with Crippen molar-refractivity contribution >= 4 is 12.0 Å². The van der Waals surface area contributed by atoms with Crippen molar-refractivity contribution in [3.8, 4) is 0 Å². The molecule has 6 heteroatoms. The lowest BCUT2D eigenvalue weighted by molar-refractivity contribution is -0.131. The summed E-state index contributed by atoms with van der Waals surface area (Å²) in [6.07, 6.45) is 5.50. The maximum absolute atomic E-state index is 13.2. The van der Waals surface area contributed by atoms with Crippen molar-refractivity contribution in [2.45, 2.75) is 6.54 Å². The minimum Gasteiger partial charge on any atom is -0.478 e. The Labute approximate surface area is 114 Å². The van der Waals surface area contributed by atoms with Crippen LogP contribution in [0.2, 0.25) is 0 Å². The Kier molecular flexibility index (Phi) is 3.84. The van der Waals surface area contributed by atoms with E-state index in [1.165, 1.54) is 33.4 Å². The predicted octanol–water partition coefficient (Wildman–Crippen LogP) is 1.47. The van der Waals surface area contributed by atoms with E-state index >= 15 is 0 Å². The van der Waals surface area contributed by atoms with Crippen LogP contribution in [-0.2, 0) is 18.4 Å². The molecule has 1 aromatic carbocycles. The highest BCUT2D eigenvalue weighted by Crippen LogP contribution is 2.14. The van der Waals surface area contributed by atoms with E-state index in [1.54, 1.807) is 19.4 Å². The highest BCUT2D eigenvalue weighted by molar-refractivity contribution is 5.85. The number of hydrogen-bond acceptors (Lipinski definition) is 2. The molecule has 1 aromatic heterocycles. The van der Waals surface area contributed by atoms with Gasteiger partial charge in [-0.1, -0.05) is 6.07 Å². The Morgan fingerprint density at radius 3 is 2.75 bits per heavy atom. The molecule has 0 aliphatic rings. The summed E-state index contributed by atoms with van der Waals surface area (Å²) in [5.41, 5.74) is 0.905. The Balaban J connectivity index is 2.38. The second kappa shape index (κ2) is 5.56. The van der Waals surface area contributed by atoms with Gasteiger partial charge in [0.25, 0.3) is 0 Å². The number of aliphatic carboxylic acids is 1. The maximum atomic E-state index is 13.2. The van der Waals surface area contributed by atoms with Crippen LogP contribution in [0.15, 0.2) is 41.5 Å². The van der Waals surface area contributed by atoms with Crippen LogP contribution < -0.4 is 5.69 Å². The number of benzene rings is 1.